The molecule has 0 heterocycles. The fraction of sp³-hybridized carbons (Fsp3) is 0.917. The molecule has 2 N–H and O–H groups in total. The maximum absolute atomic E-state index is 11.4. The van der Waals surface area contributed by atoms with Crippen molar-refractivity contribution in [3.8, 4) is 0 Å². The van der Waals surface area contributed by atoms with E-state index >= 15 is 0 Å². The highest BCUT2D eigenvalue weighted by atomic mass is 16.6. The van der Waals surface area contributed by atoms with Crippen molar-refractivity contribution in [2.24, 2.45) is 11.1 Å². The third kappa shape index (κ3) is 9.09. The molecule has 1 unspecified atom stereocenters. The summed E-state index contributed by atoms with van der Waals surface area (Å²) in [6, 6.07) is -0.190. The summed E-state index contributed by atoms with van der Waals surface area (Å²) < 4.78 is 15.0. The van der Waals surface area contributed by atoms with Crippen LogP contribution in [-0.4, -0.2) is 45.5 Å². The Hall–Kier alpha value is -0.650. The van der Waals surface area contributed by atoms with Gasteiger partial charge in [-0.15, -0.1) is 0 Å². The van der Waals surface area contributed by atoms with Gasteiger partial charge in [0.05, 0.1) is 26.2 Å². The fourth-order valence-corrected chi connectivity index (χ4v) is 1.00. The van der Waals surface area contributed by atoms with Crippen LogP contribution in [-0.2, 0) is 19.0 Å². The van der Waals surface area contributed by atoms with E-state index in [1.807, 2.05) is 20.8 Å². The Labute approximate surface area is 104 Å². The third-order valence-electron chi connectivity index (χ3n) is 2.42. The third-order valence-corrected chi connectivity index (χ3v) is 2.42. The van der Waals surface area contributed by atoms with Crippen LogP contribution in [0.1, 0.15) is 27.2 Å². The fourth-order valence-electron chi connectivity index (χ4n) is 1.00. The van der Waals surface area contributed by atoms with E-state index in [9.17, 15) is 4.79 Å². The Morgan fingerprint density at radius 1 is 1.18 bits per heavy atom. The number of methoxy groups -OCH3 is 1. The lowest BCUT2D eigenvalue weighted by Gasteiger charge is -2.26. The minimum absolute atomic E-state index is 0.0893. The van der Waals surface area contributed by atoms with Crippen LogP contribution in [0.3, 0.4) is 0 Å². The van der Waals surface area contributed by atoms with E-state index in [1.54, 1.807) is 7.11 Å². The van der Waals surface area contributed by atoms with Gasteiger partial charge in [0.1, 0.15) is 6.61 Å². The number of ether oxygens (including phenoxy) is 3. The van der Waals surface area contributed by atoms with Crippen LogP contribution in [0.25, 0.3) is 0 Å². The molecule has 0 aliphatic carbocycles. The van der Waals surface area contributed by atoms with E-state index in [0.717, 1.165) is 0 Å². The zero-order chi connectivity index (χ0) is 13.3. The largest absolute Gasteiger partial charge is 0.463 e. The van der Waals surface area contributed by atoms with Crippen molar-refractivity contribution >= 4 is 5.97 Å². The second-order valence-corrected chi connectivity index (χ2v) is 5.00. The molecule has 5 heteroatoms. The van der Waals surface area contributed by atoms with Gasteiger partial charge in [-0.3, -0.25) is 4.79 Å². The molecular weight excluding hydrogens is 222 g/mol. The molecule has 0 aliphatic rings. The molecule has 1 atom stereocenters. The molecule has 0 aromatic heterocycles. The molecule has 0 spiro atoms. The van der Waals surface area contributed by atoms with Crippen LogP contribution in [0.5, 0.6) is 0 Å². The SMILES string of the molecule is COCCOCCOC(=O)CC(N)C(C)(C)C. The molecule has 0 aromatic rings. The molecule has 0 aromatic carbocycles. The summed E-state index contributed by atoms with van der Waals surface area (Å²) in [6.07, 6.45) is 0.238. The number of hydrogen-bond donors (Lipinski definition) is 1. The van der Waals surface area contributed by atoms with Gasteiger partial charge >= 0.3 is 5.97 Å². The van der Waals surface area contributed by atoms with Gasteiger partial charge in [0.25, 0.3) is 0 Å². The van der Waals surface area contributed by atoms with Gasteiger partial charge in [0, 0.05) is 13.2 Å². The maximum atomic E-state index is 11.4. The number of hydrogen-bond acceptors (Lipinski definition) is 5. The van der Waals surface area contributed by atoms with Crippen LogP contribution in [0.4, 0.5) is 0 Å². The highest BCUT2D eigenvalue weighted by Gasteiger charge is 2.23. The molecule has 0 saturated carbocycles. The van der Waals surface area contributed by atoms with E-state index in [4.69, 9.17) is 19.9 Å². The Kier molecular flexibility index (Phi) is 8.12. The number of esters is 1. The lowest BCUT2D eigenvalue weighted by atomic mass is 9.85. The minimum Gasteiger partial charge on any atom is -0.463 e. The van der Waals surface area contributed by atoms with Gasteiger partial charge < -0.3 is 19.9 Å². The van der Waals surface area contributed by atoms with Crippen molar-refractivity contribution in [2.45, 2.75) is 33.2 Å². The summed E-state index contributed by atoms with van der Waals surface area (Å²) in [7, 11) is 1.61. The van der Waals surface area contributed by atoms with Gasteiger partial charge in [-0.05, 0) is 5.41 Å². The number of carbonyl (C=O) groups is 1. The summed E-state index contributed by atoms with van der Waals surface area (Å²) in [5.41, 5.74) is 5.78. The molecule has 0 aliphatic heterocycles. The number of carbonyl (C=O) groups excluding carboxylic acids is 1. The molecule has 0 amide bonds. The summed E-state index contributed by atoms with van der Waals surface area (Å²) >= 11 is 0. The number of rotatable bonds is 8. The normalized spacial score (nSPS) is 13.5. The summed E-state index contributed by atoms with van der Waals surface area (Å²) in [5, 5.41) is 0. The molecule has 0 rings (SSSR count). The predicted octanol–water partition coefficient (Wildman–Crippen LogP) is 0.956. The molecule has 0 radical (unpaired) electrons. The summed E-state index contributed by atoms with van der Waals surface area (Å²) in [6.45, 7) is 7.70. The Morgan fingerprint density at radius 3 is 2.29 bits per heavy atom. The van der Waals surface area contributed by atoms with Crippen molar-refractivity contribution in [3.05, 3.63) is 0 Å². The monoisotopic (exact) mass is 247 g/mol. The quantitative estimate of drug-likeness (QED) is 0.511. The second-order valence-electron chi connectivity index (χ2n) is 5.00. The van der Waals surface area contributed by atoms with Gasteiger partial charge in [-0.25, -0.2) is 0 Å². The van der Waals surface area contributed by atoms with E-state index in [1.165, 1.54) is 0 Å². The first kappa shape index (κ1) is 16.4. The molecular formula is C12H25NO4. The van der Waals surface area contributed by atoms with E-state index in [2.05, 4.69) is 0 Å². The van der Waals surface area contributed by atoms with Gasteiger partial charge in [-0.2, -0.15) is 0 Å². The van der Waals surface area contributed by atoms with Crippen LogP contribution < -0.4 is 5.73 Å². The first-order valence-corrected chi connectivity index (χ1v) is 5.86. The standard InChI is InChI=1S/C12H25NO4/c1-12(2,3)10(13)9-11(14)17-8-7-16-6-5-15-4/h10H,5-9,13H2,1-4H3. The summed E-state index contributed by atoms with van der Waals surface area (Å²) in [5.74, 6) is -0.275. The molecule has 0 saturated heterocycles. The van der Waals surface area contributed by atoms with Crippen LogP contribution in [0.15, 0.2) is 0 Å². The molecule has 102 valence electrons. The van der Waals surface area contributed by atoms with Crippen LogP contribution in [0, 0.1) is 5.41 Å². The lowest BCUT2D eigenvalue weighted by molar-refractivity contribution is -0.146. The highest BCUT2D eigenvalue weighted by molar-refractivity contribution is 5.70. The first-order valence-electron chi connectivity index (χ1n) is 5.86. The zero-order valence-electron chi connectivity index (χ0n) is 11.3. The van der Waals surface area contributed by atoms with Crippen molar-refractivity contribution in [2.75, 3.05) is 33.5 Å². The first-order chi connectivity index (χ1) is 7.88. The Balaban J connectivity index is 3.53. The van der Waals surface area contributed by atoms with Crippen LogP contribution >= 0.6 is 0 Å². The van der Waals surface area contributed by atoms with Crippen molar-refractivity contribution in [3.63, 3.8) is 0 Å². The van der Waals surface area contributed by atoms with E-state index < -0.39 is 0 Å². The molecule has 17 heavy (non-hydrogen) atoms. The van der Waals surface area contributed by atoms with E-state index in [0.29, 0.717) is 19.8 Å². The highest BCUT2D eigenvalue weighted by Crippen LogP contribution is 2.19. The predicted molar refractivity (Wildman–Crippen MR) is 65.7 cm³/mol. The smallest absolute Gasteiger partial charge is 0.307 e. The zero-order valence-corrected chi connectivity index (χ0v) is 11.3. The average molecular weight is 247 g/mol. The Morgan fingerprint density at radius 2 is 1.76 bits per heavy atom. The van der Waals surface area contributed by atoms with Crippen molar-refractivity contribution in [1.29, 1.82) is 0 Å². The molecule has 5 nitrogen and oxygen atoms in total. The van der Waals surface area contributed by atoms with Crippen molar-refractivity contribution in [1.82, 2.24) is 0 Å². The van der Waals surface area contributed by atoms with Gasteiger partial charge in [-0.1, -0.05) is 20.8 Å². The molecule has 0 bridgehead atoms. The maximum Gasteiger partial charge on any atom is 0.307 e. The average Bonchev–Trinajstić information content (AvgIpc) is 2.21. The van der Waals surface area contributed by atoms with Crippen LogP contribution in [0.2, 0.25) is 0 Å². The summed E-state index contributed by atoms with van der Waals surface area (Å²) in [4.78, 5) is 11.4. The second kappa shape index (κ2) is 8.44. The topological polar surface area (TPSA) is 70.8 Å². The number of nitrogens with two attached hydrogens (primary N) is 1. The minimum atomic E-state index is -0.275. The van der Waals surface area contributed by atoms with Gasteiger partial charge in [0.15, 0.2) is 0 Å². The Bertz CT molecular complexity index is 213. The lowest BCUT2D eigenvalue weighted by Crippen LogP contribution is -2.37. The van der Waals surface area contributed by atoms with E-state index in [-0.39, 0.29) is 30.5 Å². The molecule has 0 fully saturated rings. The van der Waals surface area contributed by atoms with Gasteiger partial charge in [0.2, 0.25) is 0 Å². The van der Waals surface area contributed by atoms with Crippen molar-refractivity contribution < 1.29 is 19.0 Å².